The van der Waals surface area contributed by atoms with Crippen molar-refractivity contribution in [3.8, 4) is 5.75 Å². The van der Waals surface area contributed by atoms with Gasteiger partial charge >= 0.3 is 0 Å². The van der Waals surface area contributed by atoms with Crippen molar-refractivity contribution >= 4 is 37.6 Å². The molecule has 0 aliphatic rings. The van der Waals surface area contributed by atoms with Gasteiger partial charge in [0.1, 0.15) is 10.6 Å². The minimum atomic E-state index is -3.66. The van der Waals surface area contributed by atoms with Crippen molar-refractivity contribution in [1.29, 1.82) is 0 Å². The summed E-state index contributed by atoms with van der Waals surface area (Å²) in [6, 6.07) is 12.1. The fourth-order valence-electron chi connectivity index (χ4n) is 2.05. The Hall–Kier alpha value is -1.08. The van der Waals surface area contributed by atoms with Crippen LogP contribution in [-0.2, 0) is 16.6 Å². The molecule has 0 unspecified atom stereocenters. The lowest BCUT2D eigenvalue weighted by Crippen LogP contribution is -2.26. The van der Waals surface area contributed by atoms with Crippen LogP contribution in [0.1, 0.15) is 12.5 Å². The molecular formula is C16H17BrClNO3S. The number of sulfonamides is 1. The number of benzene rings is 2. The molecule has 0 N–H and O–H groups in total. The van der Waals surface area contributed by atoms with Crippen molar-refractivity contribution in [2.75, 3.05) is 13.7 Å². The number of halogens is 2. The molecule has 0 saturated carbocycles. The minimum Gasteiger partial charge on any atom is -0.494 e. The second-order valence-electron chi connectivity index (χ2n) is 4.91. The van der Waals surface area contributed by atoms with Gasteiger partial charge in [0.15, 0.2) is 0 Å². The Bertz CT molecular complexity index is 778. The Morgan fingerprint density at radius 1 is 1.17 bits per heavy atom. The number of nitrogens with zero attached hydrogens (tertiary/aromatic N) is 1. The molecule has 0 amide bonds. The van der Waals surface area contributed by atoms with Gasteiger partial charge in [-0.05, 0) is 42.8 Å². The van der Waals surface area contributed by atoms with Gasteiger partial charge in [-0.1, -0.05) is 39.7 Å². The maximum absolute atomic E-state index is 12.6. The molecule has 0 aliphatic heterocycles. The first-order valence-electron chi connectivity index (χ1n) is 6.97. The summed E-state index contributed by atoms with van der Waals surface area (Å²) in [5.74, 6) is 0.762. The largest absolute Gasteiger partial charge is 0.494 e. The van der Waals surface area contributed by atoms with Gasteiger partial charge in [-0.25, -0.2) is 8.42 Å². The van der Waals surface area contributed by atoms with E-state index in [0.717, 1.165) is 15.8 Å². The molecule has 0 heterocycles. The van der Waals surface area contributed by atoms with Crippen LogP contribution in [0.4, 0.5) is 0 Å². The van der Waals surface area contributed by atoms with Crippen LogP contribution in [0.15, 0.2) is 51.8 Å². The number of rotatable bonds is 6. The summed E-state index contributed by atoms with van der Waals surface area (Å²) in [5, 5.41) is 0.193. The van der Waals surface area contributed by atoms with Gasteiger partial charge in [0.05, 0.1) is 11.6 Å². The molecule has 0 aromatic heterocycles. The predicted molar refractivity (Wildman–Crippen MR) is 95.4 cm³/mol. The quantitative estimate of drug-likeness (QED) is 0.702. The summed E-state index contributed by atoms with van der Waals surface area (Å²) >= 11 is 9.33. The molecule has 2 rings (SSSR count). The van der Waals surface area contributed by atoms with E-state index in [1.54, 1.807) is 12.1 Å². The molecule has 2 aromatic rings. The molecular weight excluding hydrogens is 402 g/mol. The number of hydrogen-bond acceptors (Lipinski definition) is 3. The Balaban J connectivity index is 2.19. The Morgan fingerprint density at radius 3 is 2.39 bits per heavy atom. The molecule has 2 aromatic carbocycles. The van der Waals surface area contributed by atoms with Crippen LogP contribution < -0.4 is 4.74 Å². The molecule has 23 heavy (non-hydrogen) atoms. The van der Waals surface area contributed by atoms with Crippen LogP contribution in [-0.4, -0.2) is 26.4 Å². The van der Waals surface area contributed by atoms with Gasteiger partial charge < -0.3 is 4.74 Å². The van der Waals surface area contributed by atoms with Crippen molar-refractivity contribution in [3.63, 3.8) is 0 Å². The van der Waals surface area contributed by atoms with Crippen molar-refractivity contribution in [1.82, 2.24) is 4.31 Å². The summed E-state index contributed by atoms with van der Waals surface area (Å²) in [6.45, 7) is 2.76. The van der Waals surface area contributed by atoms with Gasteiger partial charge in [0.2, 0.25) is 10.0 Å². The van der Waals surface area contributed by atoms with Crippen molar-refractivity contribution in [2.24, 2.45) is 0 Å². The SMILES string of the molecule is CCOc1ccc(CN(C)S(=O)(=O)c2ccc(Br)cc2Cl)cc1. The molecule has 7 heteroatoms. The van der Waals surface area contributed by atoms with Gasteiger partial charge in [-0.2, -0.15) is 4.31 Å². The lowest BCUT2D eigenvalue weighted by Gasteiger charge is -2.18. The second-order valence-corrected chi connectivity index (χ2v) is 8.25. The summed E-state index contributed by atoms with van der Waals surface area (Å²) < 4.78 is 32.7. The molecule has 4 nitrogen and oxygen atoms in total. The molecule has 124 valence electrons. The third kappa shape index (κ3) is 4.47. The average molecular weight is 419 g/mol. The van der Waals surface area contributed by atoms with E-state index in [9.17, 15) is 8.42 Å². The zero-order valence-electron chi connectivity index (χ0n) is 12.8. The normalized spacial score (nSPS) is 11.7. The average Bonchev–Trinajstić information content (AvgIpc) is 2.49. The van der Waals surface area contributed by atoms with Crippen LogP contribution in [0.25, 0.3) is 0 Å². The van der Waals surface area contributed by atoms with Gasteiger partial charge in [0.25, 0.3) is 0 Å². The second kappa shape index (κ2) is 7.66. The topological polar surface area (TPSA) is 46.6 Å². The van der Waals surface area contributed by atoms with Crippen LogP contribution in [0.3, 0.4) is 0 Å². The maximum Gasteiger partial charge on any atom is 0.244 e. The molecule has 0 radical (unpaired) electrons. The van der Waals surface area contributed by atoms with E-state index in [0.29, 0.717) is 6.61 Å². The van der Waals surface area contributed by atoms with Crippen LogP contribution in [0, 0.1) is 0 Å². The van der Waals surface area contributed by atoms with E-state index in [4.69, 9.17) is 16.3 Å². The molecule has 0 aliphatic carbocycles. The van der Waals surface area contributed by atoms with E-state index in [1.165, 1.54) is 17.4 Å². The molecule has 0 atom stereocenters. The van der Waals surface area contributed by atoms with Gasteiger partial charge in [-0.3, -0.25) is 0 Å². The van der Waals surface area contributed by atoms with Crippen LogP contribution in [0.5, 0.6) is 5.75 Å². The van der Waals surface area contributed by atoms with E-state index < -0.39 is 10.0 Å². The first-order chi connectivity index (χ1) is 10.8. The third-order valence-electron chi connectivity index (χ3n) is 3.22. The summed E-state index contributed by atoms with van der Waals surface area (Å²) in [7, 11) is -2.12. The standard InChI is InChI=1S/C16H17BrClNO3S/c1-3-22-14-7-4-12(5-8-14)11-19(2)23(20,21)16-9-6-13(17)10-15(16)18/h4-10H,3,11H2,1-2H3. The van der Waals surface area contributed by atoms with E-state index >= 15 is 0 Å². The van der Waals surface area contributed by atoms with Crippen LogP contribution >= 0.6 is 27.5 Å². The Kier molecular flexibility index (Phi) is 6.08. The highest BCUT2D eigenvalue weighted by molar-refractivity contribution is 9.10. The number of ether oxygens (including phenoxy) is 1. The Labute approximate surface area is 150 Å². The highest BCUT2D eigenvalue weighted by Gasteiger charge is 2.23. The van der Waals surface area contributed by atoms with E-state index in [-0.39, 0.29) is 16.5 Å². The summed E-state index contributed by atoms with van der Waals surface area (Å²) in [6.07, 6.45) is 0. The van der Waals surface area contributed by atoms with Crippen molar-refractivity contribution in [2.45, 2.75) is 18.4 Å². The fraction of sp³-hybridized carbons (Fsp3) is 0.250. The predicted octanol–water partition coefficient (Wildman–Crippen LogP) is 4.32. The molecule has 0 saturated heterocycles. The van der Waals surface area contributed by atoms with Crippen molar-refractivity contribution < 1.29 is 13.2 Å². The summed E-state index contributed by atoms with van der Waals surface area (Å²) in [5.41, 5.74) is 0.868. The third-order valence-corrected chi connectivity index (χ3v) is 6.00. The highest BCUT2D eigenvalue weighted by Crippen LogP contribution is 2.28. The van der Waals surface area contributed by atoms with Gasteiger partial charge in [0, 0.05) is 18.1 Å². The van der Waals surface area contributed by atoms with E-state index in [1.807, 2.05) is 31.2 Å². The van der Waals surface area contributed by atoms with Crippen LogP contribution in [0.2, 0.25) is 5.02 Å². The van der Waals surface area contributed by atoms with E-state index in [2.05, 4.69) is 15.9 Å². The Morgan fingerprint density at radius 2 is 1.83 bits per heavy atom. The molecule has 0 spiro atoms. The van der Waals surface area contributed by atoms with Gasteiger partial charge in [-0.15, -0.1) is 0 Å². The molecule has 0 bridgehead atoms. The minimum absolute atomic E-state index is 0.0933. The summed E-state index contributed by atoms with van der Waals surface area (Å²) in [4.78, 5) is 0.0933. The smallest absolute Gasteiger partial charge is 0.244 e. The lowest BCUT2D eigenvalue weighted by molar-refractivity contribution is 0.340. The zero-order chi connectivity index (χ0) is 17.0. The fourth-order valence-corrected chi connectivity index (χ4v) is 4.22. The maximum atomic E-state index is 12.6. The number of hydrogen-bond donors (Lipinski definition) is 0. The monoisotopic (exact) mass is 417 g/mol. The first-order valence-corrected chi connectivity index (χ1v) is 9.59. The lowest BCUT2D eigenvalue weighted by atomic mass is 10.2. The first kappa shape index (κ1) is 18.3. The molecule has 0 fully saturated rings. The highest BCUT2D eigenvalue weighted by atomic mass is 79.9. The zero-order valence-corrected chi connectivity index (χ0v) is 16.0. The van der Waals surface area contributed by atoms with Crippen molar-refractivity contribution in [3.05, 3.63) is 57.5 Å².